The summed E-state index contributed by atoms with van der Waals surface area (Å²) < 4.78 is 0. The molecule has 0 atom stereocenters. The molecule has 0 aliphatic rings. The van der Waals surface area contributed by atoms with Gasteiger partial charge in [0.2, 0.25) is 6.41 Å². The Morgan fingerprint density at radius 2 is 1.94 bits per heavy atom. The van der Waals surface area contributed by atoms with Gasteiger partial charge >= 0.3 is 0 Å². The molecule has 1 heterocycles. The summed E-state index contributed by atoms with van der Waals surface area (Å²) in [5.74, 6) is 0.921. The van der Waals surface area contributed by atoms with Crippen LogP contribution in [0.3, 0.4) is 0 Å². The first-order chi connectivity index (χ1) is 8.29. The number of carbonyl (C=O) groups excluding carboxylic acids is 1. The molecule has 6 heteroatoms. The zero-order valence-corrected chi connectivity index (χ0v) is 9.48. The number of benzene rings is 1. The molecule has 0 fully saturated rings. The monoisotopic (exact) mass is 248 g/mol. The summed E-state index contributed by atoms with van der Waals surface area (Å²) in [5, 5.41) is 0.300. The molecule has 1 aromatic carbocycles. The predicted molar refractivity (Wildman–Crippen MR) is 65.3 cm³/mol. The molecule has 1 amide bonds. The minimum absolute atomic E-state index is 0.300. The zero-order chi connectivity index (χ0) is 12.1. The lowest BCUT2D eigenvalue weighted by molar-refractivity contribution is -0.109. The molecule has 0 bridgehead atoms. The van der Waals surface area contributed by atoms with E-state index in [0.717, 1.165) is 5.56 Å². The number of nitrogens with one attached hydrogen (secondary N) is 2. The second kappa shape index (κ2) is 5.27. The smallest absolute Gasteiger partial charge is 0.225 e. The number of amides is 1. The average molecular weight is 249 g/mol. The van der Waals surface area contributed by atoms with Crippen LogP contribution in [0, 0.1) is 0 Å². The van der Waals surface area contributed by atoms with E-state index in [-0.39, 0.29) is 0 Å². The van der Waals surface area contributed by atoms with Gasteiger partial charge in [0, 0.05) is 11.6 Å². The Morgan fingerprint density at radius 1 is 1.18 bits per heavy atom. The zero-order valence-electron chi connectivity index (χ0n) is 8.72. The van der Waals surface area contributed by atoms with E-state index in [1.54, 1.807) is 0 Å². The topological polar surface area (TPSA) is 66.9 Å². The molecule has 0 saturated carbocycles. The van der Waals surface area contributed by atoms with Gasteiger partial charge in [0.15, 0.2) is 5.82 Å². The Labute approximate surface area is 103 Å². The number of hydrogen-bond acceptors (Lipinski definition) is 4. The Morgan fingerprint density at radius 3 is 2.65 bits per heavy atom. The Bertz CT molecular complexity index is 518. The van der Waals surface area contributed by atoms with Crippen molar-refractivity contribution in [1.29, 1.82) is 0 Å². The molecule has 0 aliphatic heterocycles. The maximum absolute atomic E-state index is 10.2. The van der Waals surface area contributed by atoms with Crippen molar-refractivity contribution in [2.45, 2.75) is 0 Å². The van der Waals surface area contributed by atoms with Gasteiger partial charge < -0.3 is 0 Å². The van der Waals surface area contributed by atoms with Gasteiger partial charge in [0.05, 0.1) is 0 Å². The normalized spacial score (nSPS) is 9.71. The van der Waals surface area contributed by atoms with Gasteiger partial charge in [0.25, 0.3) is 0 Å². The molecular weight excluding hydrogens is 240 g/mol. The summed E-state index contributed by atoms with van der Waals surface area (Å²) in [6.45, 7) is 0. The van der Waals surface area contributed by atoms with E-state index in [1.807, 2.05) is 30.3 Å². The standard InChI is InChI=1S/C11H9ClN4O/c12-9-6-10(16-13-7-17)15-11(14-9)8-4-2-1-3-5-8/h1-7H,(H,13,17)(H,14,15,16). The van der Waals surface area contributed by atoms with E-state index in [4.69, 9.17) is 11.6 Å². The molecule has 5 nitrogen and oxygen atoms in total. The third-order valence-electron chi connectivity index (χ3n) is 1.99. The van der Waals surface area contributed by atoms with Crippen LogP contribution in [0.15, 0.2) is 36.4 Å². The van der Waals surface area contributed by atoms with Crippen molar-refractivity contribution in [1.82, 2.24) is 15.4 Å². The molecule has 2 N–H and O–H groups in total. The van der Waals surface area contributed by atoms with E-state index in [0.29, 0.717) is 23.2 Å². The second-order valence-electron chi connectivity index (χ2n) is 3.15. The summed E-state index contributed by atoms with van der Waals surface area (Å²) >= 11 is 5.87. The first kappa shape index (κ1) is 11.3. The highest BCUT2D eigenvalue weighted by Gasteiger charge is 2.04. The number of nitrogens with zero attached hydrogens (tertiary/aromatic N) is 2. The summed E-state index contributed by atoms with van der Waals surface area (Å²) in [4.78, 5) is 18.5. The molecule has 0 saturated heterocycles. The summed E-state index contributed by atoms with van der Waals surface area (Å²) in [7, 11) is 0. The highest BCUT2D eigenvalue weighted by atomic mass is 35.5. The van der Waals surface area contributed by atoms with Crippen LogP contribution in [0.25, 0.3) is 11.4 Å². The molecule has 0 radical (unpaired) electrons. The van der Waals surface area contributed by atoms with Crippen molar-refractivity contribution in [2.75, 3.05) is 5.43 Å². The number of hydrogen-bond donors (Lipinski definition) is 2. The minimum atomic E-state index is 0.300. The molecule has 0 aliphatic carbocycles. The average Bonchev–Trinajstić information content (AvgIpc) is 2.37. The van der Waals surface area contributed by atoms with E-state index in [1.165, 1.54) is 6.07 Å². The molecule has 2 rings (SSSR count). The van der Waals surface area contributed by atoms with E-state index in [2.05, 4.69) is 20.8 Å². The van der Waals surface area contributed by atoms with Gasteiger partial charge in [-0.3, -0.25) is 15.6 Å². The van der Waals surface area contributed by atoms with E-state index in [9.17, 15) is 4.79 Å². The quantitative estimate of drug-likeness (QED) is 0.492. The number of hydrazine groups is 1. The summed E-state index contributed by atoms with van der Waals surface area (Å²) in [6, 6.07) is 10.9. The molecule has 1 aromatic heterocycles. The van der Waals surface area contributed by atoms with Gasteiger partial charge in [-0.2, -0.15) is 0 Å². The van der Waals surface area contributed by atoms with Crippen molar-refractivity contribution < 1.29 is 4.79 Å². The SMILES string of the molecule is O=CNNc1cc(Cl)nc(-c2ccccc2)n1. The third kappa shape index (κ3) is 2.92. The highest BCUT2D eigenvalue weighted by Crippen LogP contribution is 2.19. The maximum atomic E-state index is 10.2. The van der Waals surface area contributed by atoms with Gasteiger partial charge in [0.1, 0.15) is 11.0 Å². The molecule has 0 unspecified atom stereocenters. The lowest BCUT2D eigenvalue weighted by Crippen LogP contribution is -2.20. The molecule has 2 aromatic rings. The number of aromatic nitrogens is 2. The first-order valence-corrected chi connectivity index (χ1v) is 5.22. The lowest BCUT2D eigenvalue weighted by atomic mass is 10.2. The minimum Gasteiger partial charge on any atom is -0.282 e. The van der Waals surface area contributed by atoms with Crippen molar-refractivity contribution >= 4 is 23.8 Å². The van der Waals surface area contributed by atoms with Crippen molar-refractivity contribution in [3.63, 3.8) is 0 Å². The molecule has 17 heavy (non-hydrogen) atoms. The fourth-order valence-electron chi connectivity index (χ4n) is 1.30. The first-order valence-electron chi connectivity index (χ1n) is 4.85. The number of rotatable bonds is 4. The predicted octanol–water partition coefficient (Wildman–Crippen LogP) is 1.87. The van der Waals surface area contributed by atoms with Crippen LogP contribution in [0.1, 0.15) is 0 Å². The van der Waals surface area contributed by atoms with Crippen molar-refractivity contribution in [3.05, 3.63) is 41.6 Å². The second-order valence-corrected chi connectivity index (χ2v) is 3.54. The van der Waals surface area contributed by atoms with Crippen LogP contribution in [0.5, 0.6) is 0 Å². The Balaban J connectivity index is 2.35. The van der Waals surface area contributed by atoms with Crippen molar-refractivity contribution in [2.24, 2.45) is 0 Å². The van der Waals surface area contributed by atoms with Crippen LogP contribution < -0.4 is 10.9 Å². The van der Waals surface area contributed by atoms with Crippen LogP contribution in [0.2, 0.25) is 5.15 Å². The number of halogens is 1. The summed E-state index contributed by atoms with van der Waals surface area (Å²) in [5.41, 5.74) is 5.73. The largest absolute Gasteiger partial charge is 0.282 e. The molecular formula is C11H9ClN4O. The maximum Gasteiger partial charge on any atom is 0.225 e. The number of anilines is 1. The lowest BCUT2D eigenvalue weighted by Gasteiger charge is -2.06. The number of carbonyl (C=O) groups is 1. The van der Waals surface area contributed by atoms with E-state index >= 15 is 0 Å². The Kier molecular flexibility index (Phi) is 3.52. The fraction of sp³-hybridized carbons (Fsp3) is 0. The summed E-state index contributed by atoms with van der Waals surface area (Å²) in [6.07, 6.45) is 0.512. The van der Waals surface area contributed by atoms with Crippen LogP contribution in [-0.4, -0.2) is 16.4 Å². The van der Waals surface area contributed by atoms with Gasteiger partial charge in [-0.05, 0) is 0 Å². The van der Waals surface area contributed by atoms with Crippen LogP contribution >= 0.6 is 11.6 Å². The van der Waals surface area contributed by atoms with Gasteiger partial charge in [-0.25, -0.2) is 9.97 Å². The third-order valence-corrected chi connectivity index (χ3v) is 2.18. The van der Waals surface area contributed by atoms with E-state index < -0.39 is 0 Å². The highest BCUT2D eigenvalue weighted by molar-refractivity contribution is 6.29. The molecule has 86 valence electrons. The van der Waals surface area contributed by atoms with Crippen molar-refractivity contribution in [3.8, 4) is 11.4 Å². The van der Waals surface area contributed by atoms with Crippen LogP contribution in [0.4, 0.5) is 5.82 Å². The molecule has 0 spiro atoms. The van der Waals surface area contributed by atoms with Crippen LogP contribution in [-0.2, 0) is 4.79 Å². The van der Waals surface area contributed by atoms with Gasteiger partial charge in [-0.15, -0.1) is 0 Å². The van der Waals surface area contributed by atoms with Gasteiger partial charge in [-0.1, -0.05) is 41.9 Å². The Hall–Kier alpha value is -2.14. The fourth-order valence-corrected chi connectivity index (χ4v) is 1.48.